The molecule has 1 aromatic heterocycles. The van der Waals surface area contributed by atoms with Crippen molar-refractivity contribution in [1.29, 1.82) is 0 Å². The Kier molecular flexibility index (Phi) is 4.04. The molecule has 2 rings (SSSR count). The minimum absolute atomic E-state index is 0.0657. The number of hydrogen-bond acceptors (Lipinski definition) is 3. The van der Waals surface area contributed by atoms with E-state index in [1.807, 2.05) is 36.7 Å². The van der Waals surface area contributed by atoms with Crippen LogP contribution in [0.25, 0.3) is 0 Å². The maximum Gasteiger partial charge on any atom is 0.130 e. The second kappa shape index (κ2) is 5.54. The third-order valence-corrected chi connectivity index (χ3v) is 3.25. The molecular formula is C13H16BrN3O. The van der Waals surface area contributed by atoms with Gasteiger partial charge in [-0.2, -0.15) is 0 Å². The van der Waals surface area contributed by atoms with Gasteiger partial charge in [0, 0.05) is 23.1 Å². The van der Waals surface area contributed by atoms with Crippen LogP contribution >= 0.6 is 15.9 Å². The number of imidazole rings is 1. The van der Waals surface area contributed by atoms with Gasteiger partial charge in [0.15, 0.2) is 0 Å². The van der Waals surface area contributed by atoms with Crippen LogP contribution in [-0.4, -0.2) is 9.55 Å². The summed E-state index contributed by atoms with van der Waals surface area (Å²) in [5, 5.41) is 0. The summed E-state index contributed by atoms with van der Waals surface area (Å²) in [6.45, 7) is 2.43. The SMILES string of the molecule is CC(N)c1cc(Br)ccc1OCc1cncn1C. The Hall–Kier alpha value is -1.33. The van der Waals surface area contributed by atoms with Crippen molar-refractivity contribution in [2.24, 2.45) is 12.8 Å². The Morgan fingerprint density at radius 3 is 2.89 bits per heavy atom. The molecule has 0 saturated carbocycles. The molecule has 0 aliphatic carbocycles. The summed E-state index contributed by atoms with van der Waals surface area (Å²) >= 11 is 3.44. The summed E-state index contributed by atoms with van der Waals surface area (Å²) in [4.78, 5) is 4.06. The average molecular weight is 310 g/mol. The van der Waals surface area contributed by atoms with Crippen molar-refractivity contribution in [1.82, 2.24) is 9.55 Å². The number of aryl methyl sites for hydroxylation is 1. The number of aromatic nitrogens is 2. The standard InChI is InChI=1S/C13H16BrN3O/c1-9(15)12-5-10(14)3-4-13(12)18-7-11-6-16-8-17(11)2/h3-6,8-9H,7,15H2,1-2H3. The molecule has 4 nitrogen and oxygen atoms in total. The Labute approximate surface area is 115 Å². The molecule has 0 aliphatic rings. The molecule has 5 heteroatoms. The second-order valence-electron chi connectivity index (χ2n) is 4.26. The third-order valence-electron chi connectivity index (χ3n) is 2.75. The van der Waals surface area contributed by atoms with E-state index in [-0.39, 0.29) is 6.04 Å². The zero-order chi connectivity index (χ0) is 13.1. The van der Waals surface area contributed by atoms with Gasteiger partial charge in [-0.05, 0) is 25.1 Å². The van der Waals surface area contributed by atoms with Gasteiger partial charge in [0.25, 0.3) is 0 Å². The van der Waals surface area contributed by atoms with E-state index in [9.17, 15) is 0 Å². The van der Waals surface area contributed by atoms with E-state index in [1.165, 1.54) is 0 Å². The highest BCUT2D eigenvalue weighted by atomic mass is 79.9. The van der Waals surface area contributed by atoms with Gasteiger partial charge in [0.2, 0.25) is 0 Å². The molecule has 2 N–H and O–H groups in total. The van der Waals surface area contributed by atoms with Crippen molar-refractivity contribution in [2.45, 2.75) is 19.6 Å². The van der Waals surface area contributed by atoms with Crippen LogP contribution in [0.2, 0.25) is 0 Å². The van der Waals surface area contributed by atoms with Crippen LogP contribution in [0, 0.1) is 0 Å². The number of halogens is 1. The maximum atomic E-state index is 5.94. The van der Waals surface area contributed by atoms with E-state index in [2.05, 4.69) is 20.9 Å². The van der Waals surface area contributed by atoms with Crippen molar-refractivity contribution in [2.75, 3.05) is 0 Å². The molecular weight excluding hydrogens is 294 g/mol. The lowest BCUT2D eigenvalue weighted by molar-refractivity contribution is 0.292. The molecule has 2 aromatic rings. The quantitative estimate of drug-likeness (QED) is 0.945. The summed E-state index contributed by atoms with van der Waals surface area (Å²) in [7, 11) is 1.94. The topological polar surface area (TPSA) is 53.1 Å². The molecule has 0 amide bonds. The fourth-order valence-corrected chi connectivity index (χ4v) is 2.06. The zero-order valence-electron chi connectivity index (χ0n) is 10.4. The number of hydrogen-bond donors (Lipinski definition) is 1. The highest BCUT2D eigenvalue weighted by Gasteiger charge is 2.09. The van der Waals surface area contributed by atoms with Crippen LogP contribution in [0.1, 0.15) is 24.2 Å². The van der Waals surface area contributed by atoms with Crippen LogP contribution in [-0.2, 0) is 13.7 Å². The summed E-state index contributed by atoms with van der Waals surface area (Å²) in [5.41, 5.74) is 7.96. The lowest BCUT2D eigenvalue weighted by atomic mass is 10.1. The maximum absolute atomic E-state index is 5.94. The van der Waals surface area contributed by atoms with Gasteiger partial charge in [-0.15, -0.1) is 0 Å². The summed E-state index contributed by atoms with van der Waals surface area (Å²) in [6.07, 6.45) is 3.55. The van der Waals surface area contributed by atoms with E-state index < -0.39 is 0 Å². The molecule has 18 heavy (non-hydrogen) atoms. The molecule has 1 heterocycles. The van der Waals surface area contributed by atoms with Crippen molar-refractivity contribution in [3.05, 3.63) is 46.5 Å². The van der Waals surface area contributed by atoms with E-state index >= 15 is 0 Å². The first-order valence-corrected chi connectivity index (χ1v) is 6.50. The first kappa shape index (κ1) is 13.1. The van der Waals surface area contributed by atoms with Gasteiger partial charge in [0.1, 0.15) is 12.4 Å². The normalized spacial score (nSPS) is 12.4. The molecule has 0 radical (unpaired) electrons. The number of rotatable bonds is 4. The summed E-state index contributed by atoms with van der Waals surface area (Å²) in [5.74, 6) is 0.814. The van der Waals surface area contributed by atoms with E-state index in [0.717, 1.165) is 21.5 Å². The highest BCUT2D eigenvalue weighted by Crippen LogP contribution is 2.28. The molecule has 1 atom stereocenters. The van der Waals surface area contributed by atoms with Crippen LogP contribution in [0.4, 0.5) is 0 Å². The average Bonchev–Trinajstić information content (AvgIpc) is 2.73. The monoisotopic (exact) mass is 309 g/mol. The molecule has 0 fully saturated rings. The van der Waals surface area contributed by atoms with Crippen LogP contribution in [0.15, 0.2) is 35.2 Å². The van der Waals surface area contributed by atoms with E-state index in [1.54, 1.807) is 12.5 Å². The minimum Gasteiger partial charge on any atom is -0.487 e. The molecule has 1 aromatic carbocycles. The second-order valence-corrected chi connectivity index (χ2v) is 5.17. The van der Waals surface area contributed by atoms with Crippen molar-refractivity contribution >= 4 is 15.9 Å². The van der Waals surface area contributed by atoms with Crippen molar-refractivity contribution in [3.8, 4) is 5.75 Å². The van der Waals surface area contributed by atoms with Crippen LogP contribution in [0.5, 0.6) is 5.75 Å². The first-order chi connectivity index (χ1) is 8.58. The lowest BCUT2D eigenvalue weighted by Crippen LogP contribution is -2.09. The predicted molar refractivity (Wildman–Crippen MR) is 74.3 cm³/mol. The van der Waals surface area contributed by atoms with Crippen LogP contribution in [0.3, 0.4) is 0 Å². The number of ether oxygens (including phenoxy) is 1. The molecule has 0 bridgehead atoms. The molecule has 0 spiro atoms. The Bertz CT molecular complexity index is 537. The molecule has 0 saturated heterocycles. The summed E-state index contributed by atoms with van der Waals surface area (Å²) < 4.78 is 8.75. The fraction of sp³-hybridized carbons (Fsp3) is 0.308. The van der Waals surface area contributed by atoms with E-state index in [0.29, 0.717) is 6.61 Å². The number of nitrogens with two attached hydrogens (primary N) is 1. The van der Waals surface area contributed by atoms with Crippen LogP contribution < -0.4 is 10.5 Å². The van der Waals surface area contributed by atoms with Gasteiger partial charge in [-0.25, -0.2) is 4.98 Å². The third kappa shape index (κ3) is 2.91. The highest BCUT2D eigenvalue weighted by molar-refractivity contribution is 9.10. The largest absolute Gasteiger partial charge is 0.487 e. The Morgan fingerprint density at radius 2 is 2.28 bits per heavy atom. The summed E-state index contributed by atoms with van der Waals surface area (Å²) in [6, 6.07) is 5.80. The Morgan fingerprint density at radius 1 is 1.50 bits per heavy atom. The zero-order valence-corrected chi connectivity index (χ0v) is 12.0. The smallest absolute Gasteiger partial charge is 0.130 e. The molecule has 0 aliphatic heterocycles. The van der Waals surface area contributed by atoms with Crippen molar-refractivity contribution in [3.63, 3.8) is 0 Å². The van der Waals surface area contributed by atoms with E-state index in [4.69, 9.17) is 10.5 Å². The predicted octanol–water partition coefficient (Wildman–Crippen LogP) is 2.78. The van der Waals surface area contributed by atoms with Gasteiger partial charge < -0.3 is 15.0 Å². The first-order valence-electron chi connectivity index (χ1n) is 5.71. The fourth-order valence-electron chi connectivity index (χ4n) is 1.68. The lowest BCUT2D eigenvalue weighted by Gasteiger charge is -2.14. The number of nitrogens with zero attached hydrogens (tertiary/aromatic N) is 2. The van der Waals surface area contributed by atoms with Crippen molar-refractivity contribution < 1.29 is 4.74 Å². The molecule has 1 unspecified atom stereocenters. The molecule has 96 valence electrons. The van der Waals surface area contributed by atoms with Gasteiger partial charge >= 0.3 is 0 Å². The minimum atomic E-state index is -0.0657. The van der Waals surface area contributed by atoms with Gasteiger partial charge in [-0.1, -0.05) is 15.9 Å². The Balaban J connectivity index is 2.16. The van der Waals surface area contributed by atoms with Gasteiger partial charge in [-0.3, -0.25) is 0 Å². The number of benzene rings is 1. The van der Waals surface area contributed by atoms with Gasteiger partial charge in [0.05, 0.1) is 18.2 Å².